The SMILES string of the molecule is COc1cc(-c2nc3ccccc3[nH]2)cc(I)c1OCc1ccccc1. The second-order valence-corrected chi connectivity index (χ2v) is 7.03. The van der Waals surface area contributed by atoms with Crippen molar-refractivity contribution in [1.29, 1.82) is 0 Å². The van der Waals surface area contributed by atoms with Gasteiger partial charge in [-0.25, -0.2) is 4.98 Å². The van der Waals surface area contributed by atoms with Gasteiger partial charge in [0.2, 0.25) is 0 Å². The number of benzene rings is 3. The van der Waals surface area contributed by atoms with E-state index in [2.05, 4.69) is 38.6 Å². The molecular weight excluding hydrogens is 439 g/mol. The van der Waals surface area contributed by atoms with E-state index in [1.54, 1.807) is 7.11 Å². The summed E-state index contributed by atoms with van der Waals surface area (Å²) in [5.41, 5.74) is 4.04. The molecule has 1 heterocycles. The number of aromatic nitrogens is 2. The van der Waals surface area contributed by atoms with E-state index in [0.717, 1.165) is 37.3 Å². The van der Waals surface area contributed by atoms with Crippen molar-refractivity contribution in [2.75, 3.05) is 7.11 Å². The van der Waals surface area contributed by atoms with Crippen LogP contribution in [0, 0.1) is 3.57 Å². The highest BCUT2D eigenvalue weighted by atomic mass is 127. The fourth-order valence-corrected chi connectivity index (χ4v) is 3.57. The van der Waals surface area contributed by atoms with E-state index in [9.17, 15) is 0 Å². The van der Waals surface area contributed by atoms with Gasteiger partial charge in [0.1, 0.15) is 12.4 Å². The third-order valence-electron chi connectivity index (χ3n) is 4.12. The van der Waals surface area contributed by atoms with Gasteiger partial charge < -0.3 is 14.5 Å². The maximum atomic E-state index is 6.03. The molecule has 0 fully saturated rings. The van der Waals surface area contributed by atoms with Gasteiger partial charge in [0.25, 0.3) is 0 Å². The van der Waals surface area contributed by atoms with Gasteiger partial charge >= 0.3 is 0 Å². The molecule has 0 atom stereocenters. The number of ether oxygens (including phenoxy) is 2. The number of imidazole rings is 1. The van der Waals surface area contributed by atoms with Gasteiger partial charge in [0.15, 0.2) is 11.5 Å². The minimum atomic E-state index is 0.497. The van der Waals surface area contributed by atoms with Crippen LogP contribution in [0.5, 0.6) is 11.5 Å². The molecule has 0 saturated heterocycles. The molecule has 0 aliphatic carbocycles. The van der Waals surface area contributed by atoms with E-state index in [-0.39, 0.29) is 0 Å². The molecule has 0 unspecified atom stereocenters. The topological polar surface area (TPSA) is 47.1 Å². The lowest BCUT2D eigenvalue weighted by molar-refractivity contribution is 0.282. The molecule has 4 nitrogen and oxygen atoms in total. The van der Waals surface area contributed by atoms with Crippen LogP contribution < -0.4 is 9.47 Å². The standard InChI is InChI=1S/C21H17IN2O2/c1-25-19-12-15(21-23-17-9-5-6-10-18(17)24-21)11-16(22)20(19)26-13-14-7-3-2-4-8-14/h2-12H,13H2,1H3,(H,23,24). The summed E-state index contributed by atoms with van der Waals surface area (Å²) in [6.07, 6.45) is 0. The van der Waals surface area contributed by atoms with Crippen LogP contribution in [-0.4, -0.2) is 17.1 Å². The average Bonchev–Trinajstić information content (AvgIpc) is 3.11. The van der Waals surface area contributed by atoms with E-state index < -0.39 is 0 Å². The molecule has 3 aromatic carbocycles. The van der Waals surface area contributed by atoms with Crippen molar-refractivity contribution in [3.63, 3.8) is 0 Å². The Morgan fingerprint density at radius 2 is 1.77 bits per heavy atom. The Labute approximate surface area is 165 Å². The average molecular weight is 456 g/mol. The highest BCUT2D eigenvalue weighted by Crippen LogP contribution is 2.37. The molecule has 0 amide bonds. The maximum absolute atomic E-state index is 6.03. The van der Waals surface area contributed by atoms with Crippen LogP contribution in [0.15, 0.2) is 66.7 Å². The van der Waals surface area contributed by atoms with Gasteiger partial charge in [-0.05, 0) is 52.4 Å². The van der Waals surface area contributed by atoms with Gasteiger partial charge in [0.05, 0.1) is 21.7 Å². The fraction of sp³-hybridized carbons (Fsp3) is 0.0952. The fourth-order valence-electron chi connectivity index (χ4n) is 2.82. The number of halogens is 1. The Hall–Kier alpha value is -2.54. The summed E-state index contributed by atoms with van der Waals surface area (Å²) in [4.78, 5) is 8.02. The zero-order chi connectivity index (χ0) is 17.9. The molecule has 0 aliphatic heterocycles. The van der Waals surface area contributed by atoms with Gasteiger partial charge in [-0.1, -0.05) is 42.5 Å². The van der Waals surface area contributed by atoms with Gasteiger partial charge in [-0.3, -0.25) is 0 Å². The molecule has 26 heavy (non-hydrogen) atoms. The van der Waals surface area contributed by atoms with Crippen LogP contribution in [0.3, 0.4) is 0 Å². The molecule has 0 spiro atoms. The van der Waals surface area contributed by atoms with Gasteiger partial charge in [-0.15, -0.1) is 0 Å². The first-order chi connectivity index (χ1) is 12.7. The summed E-state index contributed by atoms with van der Waals surface area (Å²) in [5.74, 6) is 2.26. The molecular formula is C21H17IN2O2. The number of hydrogen-bond donors (Lipinski definition) is 1. The molecule has 0 radical (unpaired) electrons. The normalized spacial score (nSPS) is 10.8. The zero-order valence-corrected chi connectivity index (χ0v) is 16.4. The third-order valence-corrected chi connectivity index (χ3v) is 4.92. The summed E-state index contributed by atoms with van der Waals surface area (Å²) in [7, 11) is 1.66. The number of nitrogens with zero attached hydrogens (tertiary/aromatic N) is 1. The number of fused-ring (bicyclic) bond motifs is 1. The van der Waals surface area contributed by atoms with Crippen molar-refractivity contribution in [2.24, 2.45) is 0 Å². The van der Waals surface area contributed by atoms with Gasteiger partial charge in [-0.2, -0.15) is 0 Å². The molecule has 1 aromatic heterocycles. The predicted octanol–water partition coefficient (Wildman–Crippen LogP) is 5.42. The monoisotopic (exact) mass is 456 g/mol. The smallest absolute Gasteiger partial charge is 0.174 e. The highest BCUT2D eigenvalue weighted by molar-refractivity contribution is 14.1. The van der Waals surface area contributed by atoms with Crippen LogP contribution in [0.1, 0.15) is 5.56 Å². The van der Waals surface area contributed by atoms with E-state index in [1.807, 2.05) is 60.7 Å². The Kier molecular flexibility index (Phi) is 4.79. The maximum Gasteiger partial charge on any atom is 0.174 e. The number of para-hydroxylation sites is 2. The number of nitrogens with one attached hydrogen (secondary N) is 1. The van der Waals surface area contributed by atoms with Crippen molar-refractivity contribution in [1.82, 2.24) is 9.97 Å². The second kappa shape index (κ2) is 7.37. The molecule has 0 bridgehead atoms. The first kappa shape index (κ1) is 16.9. The summed E-state index contributed by atoms with van der Waals surface area (Å²) < 4.78 is 12.6. The largest absolute Gasteiger partial charge is 0.493 e. The number of aromatic amines is 1. The molecule has 4 aromatic rings. The zero-order valence-electron chi connectivity index (χ0n) is 14.2. The van der Waals surface area contributed by atoms with Crippen molar-refractivity contribution in [2.45, 2.75) is 6.61 Å². The first-order valence-corrected chi connectivity index (χ1v) is 9.32. The Morgan fingerprint density at radius 1 is 1.00 bits per heavy atom. The summed E-state index contributed by atoms with van der Waals surface area (Å²) in [6.45, 7) is 0.497. The van der Waals surface area contributed by atoms with Crippen LogP contribution in [0.4, 0.5) is 0 Å². The predicted molar refractivity (Wildman–Crippen MR) is 112 cm³/mol. The molecule has 0 aliphatic rings. The second-order valence-electron chi connectivity index (χ2n) is 5.87. The lowest BCUT2D eigenvalue weighted by Gasteiger charge is -2.14. The number of hydrogen-bond acceptors (Lipinski definition) is 3. The van der Waals surface area contributed by atoms with Crippen LogP contribution in [-0.2, 0) is 6.61 Å². The van der Waals surface area contributed by atoms with Crippen molar-refractivity contribution in [3.05, 3.63) is 75.9 Å². The quantitative estimate of drug-likeness (QED) is 0.408. The Balaban J connectivity index is 1.67. The molecule has 4 rings (SSSR count). The molecule has 5 heteroatoms. The van der Waals surface area contributed by atoms with Crippen molar-refractivity contribution in [3.8, 4) is 22.9 Å². The van der Waals surface area contributed by atoms with Crippen molar-refractivity contribution >= 4 is 33.6 Å². The van der Waals surface area contributed by atoms with Crippen LogP contribution >= 0.6 is 22.6 Å². The highest BCUT2D eigenvalue weighted by Gasteiger charge is 2.15. The van der Waals surface area contributed by atoms with Crippen LogP contribution in [0.25, 0.3) is 22.4 Å². The van der Waals surface area contributed by atoms with E-state index in [4.69, 9.17) is 9.47 Å². The summed E-state index contributed by atoms with van der Waals surface area (Å²) >= 11 is 2.28. The minimum absolute atomic E-state index is 0.497. The summed E-state index contributed by atoms with van der Waals surface area (Å²) in [5, 5.41) is 0. The molecule has 130 valence electrons. The Morgan fingerprint density at radius 3 is 2.54 bits per heavy atom. The number of H-pyrrole nitrogens is 1. The minimum Gasteiger partial charge on any atom is -0.493 e. The van der Waals surface area contributed by atoms with Gasteiger partial charge in [0, 0.05) is 5.56 Å². The van der Waals surface area contributed by atoms with Crippen LogP contribution in [0.2, 0.25) is 0 Å². The summed E-state index contributed by atoms with van der Waals surface area (Å²) in [6, 6.07) is 22.1. The molecule has 0 saturated carbocycles. The Bertz CT molecular complexity index is 1010. The molecule has 1 N–H and O–H groups in total. The lowest BCUT2D eigenvalue weighted by Crippen LogP contribution is -2.00. The van der Waals surface area contributed by atoms with Crippen molar-refractivity contribution < 1.29 is 9.47 Å². The van der Waals surface area contributed by atoms with E-state index >= 15 is 0 Å². The third kappa shape index (κ3) is 3.39. The van der Waals surface area contributed by atoms with E-state index in [0.29, 0.717) is 12.4 Å². The number of methoxy groups -OCH3 is 1. The number of rotatable bonds is 5. The van der Waals surface area contributed by atoms with E-state index in [1.165, 1.54) is 0 Å². The first-order valence-electron chi connectivity index (χ1n) is 8.24. The lowest BCUT2D eigenvalue weighted by atomic mass is 10.2.